The minimum atomic E-state index is -0.353. The number of aliphatic hydroxyl groups is 1. The fourth-order valence-corrected chi connectivity index (χ4v) is 2.18. The molecule has 16 heavy (non-hydrogen) atoms. The lowest BCUT2D eigenvalue weighted by Gasteiger charge is -2.23. The van der Waals surface area contributed by atoms with Crippen molar-refractivity contribution in [1.29, 1.82) is 0 Å². The Labute approximate surface area is 99.6 Å². The van der Waals surface area contributed by atoms with Crippen LogP contribution in [-0.4, -0.2) is 11.2 Å². The Balaban J connectivity index is 2.75. The lowest BCUT2D eigenvalue weighted by atomic mass is 9.85. The van der Waals surface area contributed by atoms with Gasteiger partial charge in [-0.05, 0) is 57.4 Å². The van der Waals surface area contributed by atoms with E-state index in [4.69, 9.17) is 0 Å². The highest BCUT2D eigenvalue weighted by atomic mass is 16.3. The predicted octanol–water partition coefficient (Wildman–Crippen LogP) is 4.01. The third-order valence-corrected chi connectivity index (χ3v) is 3.52. The molecule has 1 aliphatic rings. The third kappa shape index (κ3) is 3.97. The van der Waals surface area contributed by atoms with Crippen molar-refractivity contribution in [2.45, 2.75) is 52.1 Å². The molecule has 0 aliphatic heterocycles. The minimum absolute atomic E-state index is 0.353. The molecule has 0 aromatic carbocycles. The molecule has 0 saturated heterocycles. The van der Waals surface area contributed by atoms with Crippen molar-refractivity contribution < 1.29 is 5.11 Å². The third-order valence-electron chi connectivity index (χ3n) is 3.52. The van der Waals surface area contributed by atoms with Crippen LogP contribution in [0.4, 0.5) is 0 Å². The molecule has 1 aliphatic carbocycles. The fourth-order valence-electron chi connectivity index (χ4n) is 2.18. The Morgan fingerprint density at radius 1 is 1.44 bits per heavy atom. The lowest BCUT2D eigenvalue weighted by molar-refractivity contribution is 0.176. The van der Waals surface area contributed by atoms with Crippen molar-refractivity contribution in [3.8, 4) is 0 Å². The Bertz CT molecular complexity index is 299. The summed E-state index contributed by atoms with van der Waals surface area (Å²) < 4.78 is 0. The number of rotatable bonds is 1. The number of allylic oxidation sites excluding steroid dienone is 3. The first-order valence-corrected chi connectivity index (χ1v) is 6.17. The second kappa shape index (κ2) is 6.05. The summed E-state index contributed by atoms with van der Waals surface area (Å²) in [5.41, 5.74) is 3.60. The average molecular weight is 220 g/mol. The smallest absolute Gasteiger partial charge is 0.0753 e. The van der Waals surface area contributed by atoms with E-state index in [-0.39, 0.29) is 6.10 Å². The van der Waals surface area contributed by atoms with Crippen LogP contribution in [0.15, 0.2) is 36.0 Å². The first-order chi connectivity index (χ1) is 7.50. The topological polar surface area (TPSA) is 20.2 Å². The summed E-state index contributed by atoms with van der Waals surface area (Å²) >= 11 is 0. The zero-order valence-corrected chi connectivity index (χ0v) is 10.6. The van der Waals surface area contributed by atoms with Crippen molar-refractivity contribution in [1.82, 2.24) is 0 Å². The first kappa shape index (κ1) is 13.2. The van der Waals surface area contributed by atoms with Crippen LogP contribution >= 0.6 is 0 Å². The van der Waals surface area contributed by atoms with Crippen molar-refractivity contribution in [2.24, 2.45) is 5.92 Å². The van der Waals surface area contributed by atoms with Gasteiger partial charge in [0.15, 0.2) is 0 Å². The monoisotopic (exact) mass is 220 g/mol. The van der Waals surface area contributed by atoms with Crippen LogP contribution in [0, 0.1) is 5.92 Å². The molecule has 0 aromatic rings. The standard InChI is InChI=1S/C15H24O/c1-11(2)14-9-8-12(3)6-5-7-13(4)15(16)10-14/h6,14-16H,1,4-5,7-10H2,2-3H3/b12-6+. The van der Waals surface area contributed by atoms with Gasteiger partial charge in [0.1, 0.15) is 0 Å². The molecule has 0 spiro atoms. The number of aliphatic hydroxyl groups excluding tert-OH is 1. The molecule has 0 bridgehead atoms. The van der Waals surface area contributed by atoms with E-state index in [1.54, 1.807) is 0 Å². The maximum absolute atomic E-state index is 10.0. The SMILES string of the molecule is C=C1CC/C=C(\C)CCC(C(=C)C)CC1O. The molecule has 0 radical (unpaired) electrons. The highest BCUT2D eigenvalue weighted by molar-refractivity contribution is 5.10. The van der Waals surface area contributed by atoms with Gasteiger partial charge in [-0.3, -0.25) is 0 Å². The van der Waals surface area contributed by atoms with E-state index in [0.29, 0.717) is 5.92 Å². The Morgan fingerprint density at radius 2 is 2.12 bits per heavy atom. The van der Waals surface area contributed by atoms with E-state index in [0.717, 1.165) is 37.7 Å². The molecule has 0 amide bonds. The summed E-state index contributed by atoms with van der Waals surface area (Å²) in [6.07, 6.45) is 6.85. The van der Waals surface area contributed by atoms with E-state index in [1.165, 1.54) is 11.1 Å². The molecule has 2 atom stereocenters. The van der Waals surface area contributed by atoms with Crippen molar-refractivity contribution in [2.75, 3.05) is 0 Å². The van der Waals surface area contributed by atoms with Gasteiger partial charge in [0, 0.05) is 0 Å². The van der Waals surface area contributed by atoms with Gasteiger partial charge in [0.05, 0.1) is 6.10 Å². The van der Waals surface area contributed by atoms with E-state index in [2.05, 4.69) is 33.1 Å². The van der Waals surface area contributed by atoms with Crippen molar-refractivity contribution in [3.63, 3.8) is 0 Å². The molecule has 0 aromatic heterocycles. The minimum Gasteiger partial charge on any atom is -0.389 e. The van der Waals surface area contributed by atoms with Gasteiger partial charge < -0.3 is 5.11 Å². The Kier molecular flexibility index (Phi) is 5.01. The Hall–Kier alpha value is -0.820. The molecule has 0 saturated carbocycles. The zero-order valence-electron chi connectivity index (χ0n) is 10.6. The van der Waals surface area contributed by atoms with Crippen molar-refractivity contribution >= 4 is 0 Å². The van der Waals surface area contributed by atoms with E-state index >= 15 is 0 Å². The zero-order chi connectivity index (χ0) is 12.1. The summed E-state index contributed by atoms with van der Waals surface area (Å²) in [4.78, 5) is 0. The second-order valence-corrected chi connectivity index (χ2v) is 5.08. The van der Waals surface area contributed by atoms with Gasteiger partial charge in [0.25, 0.3) is 0 Å². The molecule has 2 unspecified atom stereocenters. The van der Waals surface area contributed by atoms with Crippen LogP contribution < -0.4 is 0 Å². The van der Waals surface area contributed by atoms with Gasteiger partial charge in [-0.15, -0.1) is 0 Å². The quantitative estimate of drug-likeness (QED) is 0.662. The summed E-state index contributed by atoms with van der Waals surface area (Å²) in [5.74, 6) is 0.424. The maximum Gasteiger partial charge on any atom is 0.0753 e. The first-order valence-electron chi connectivity index (χ1n) is 6.17. The maximum atomic E-state index is 10.0. The molecule has 1 rings (SSSR count). The van der Waals surface area contributed by atoms with Crippen LogP contribution in [0.1, 0.15) is 46.0 Å². The highest BCUT2D eigenvalue weighted by Gasteiger charge is 2.18. The van der Waals surface area contributed by atoms with E-state index in [1.807, 2.05) is 0 Å². The van der Waals surface area contributed by atoms with Gasteiger partial charge in [0.2, 0.25) is 0 Å². The molecule has 0 fully saturated rings. The lowest BCUT2D eigenvalue weighted by Crippen LogP contribution is -2.17. The van der Waals surface area contributed by atoms with Crippen LogP contribution in [0.2, 0.25) is 0 Å². The van der Waals surface area contributed by atoms with Crippen molar-refractivity contribution in [3.05, 3.63) is 36.0 Å². The second-order valence-electron chi connectivity index (χ2n) is 5.08. The predicted molar refractivity (Wildman–Crippen MR) is 70.3 cm³/mol. The van der Waals surface area contributed by atoms with E-state index < -0.39 is 0 Å². The van der Waals surface area contributed by atoms with Gasteiger partial charge >= 0.3 is 0 Å². The van der Waals surface area contributed by atoms with E-state index in [9.17, 15) is 5.11 Å². The van der Waals surface area contributed by atoms with Crippen LogP contribution in [0.3, 0.4) is 0 Å². The molecule has 1 heteroatoms. The molecule has 90 valence electrons. The average Bonchev–Trinajstić information content (AvgIpc) is 2.22. The van der Waals surface area contributed by atoms with Gasteiger partial charge in [-0.1, -0.05) is 30.4 Å². The highest BCUT2D eigenvalue weighted by Crippen LogP contribution is 2.27. The molecule has 1 N–H and O–H groups in total. The van der Waals surface area contributed by atoms with Crippen LogP contribution in [0.5, 0.6) is 0 Å². The van der Waals surface area contributed by atoms with Gasteiger partial charge in [-0.2, -0.15) is 0 Å². The summed E-state index contributed by atoms with van der Waals surface area (Å²) in [5, 5.41) is 10.0. The number of hydrogen-bond acceptors (Lipinski definition) is 1. The summed E-state index contributed by atoms with van der Waals surface area (Å²) in [6, 6.07) is 0. The molecule has 0 heterocycles. The summed E-state index contributed by atoms with van der Waals surface area (Å²) in [6.45, 7) is 12.3. The largest absolute Gasteiger partial charge is 0.389 e. The fraction of sp³-hybridized carbons (Fsp3) is 0.600. The van der Waals surface area contributed by atoms with Crippen LogP contribution in [0.25, 0.3) is 0 Å². The number of hydrogen-bond donors (Lipinski definition) is 1. The molecule has 1 nitrogen and oxygen atoms in total. The molecular formula is C15H24O. The Morgan fingerprint density at radius 3 is 2.75 bits per heavy atom. The normalized spacial score (nSPS) is 31.7. The van der Waals surface area contributed by atoms with Gasteiger partial charge in [-0.25, -0.2) is 0 Å². The molecular weight excluding hydrogens is 196 g/mol. The summed E-state index contributed by atoms with van der Waals surface area (Å²) in [7, 11) is 0. The van der Waals surface area contributed by atoms with Crippen LogP contribution in [-0.2, 0) is 0 Å².